The van der Waals surface area contributed by atoms with Crippen molar-refractivity contribution in [3.8, 4) is 5.75 Å². The van der Waals surface area contributed by atoms with E-state index in [0.717, 1.165) is 18.2 Å². The van der Waals surface area contributed by atoms with E-state index in [1.54, 1.807) is 0 Å². The van der Waals surface area contributed by atoms with Crippen molar-refractivity contribution in [1.29, 1.82) is 0 Å². The normalized spacial score (nSPS) is 12.3. The third kappa shape index (κ3) is 5.41. The predicted octanol–water partition coefficient (Wildman–Crippen LogP) is 2.13. The van der Waals surface area contributed by atoms with Gasteiger partial charge in [0.15, 0.2) is 6.61 Å². The molecule has 0 heterocycles. The standard InChI is InChI=1S/C13H13F3N2O6/c1-2-9(12(20)21)17-11(19)8-5-7(24-6-13(14,15)16)3-4-10(8)18(22)23/h3-5,9H,2,6H2,1H3,(H,17,19)(H,20,21). The Morgan fingerprint density at radius 2 is 2.04 bits per heavy atom. The zero-order chi connectivity index (χ0) is 18.5. The van der Waals surface area contributed by atoms with Gasteiger partial charge in [-0.1, -0.05) is 6.92 Å². The van der Waals surface area contributed by atoms with Crippen LogP contribution in [0.4, 0.5) is 18.9 Å². The molecule has 0 aromatic heterocycles. The highest BCUT2D eigenvalue weighted by Gasteiger charge is 2.29. The molecule has 2 N–H and O–H groups in total. The second-order valence-corrected chi connectivity index (χ2v) is 4.61. The lowest BCUT2D eigenvalue weighted by atomic mass is 10.1. The highest BCUT2D eigenvalue weighted by atomic mass is 19.4. The van der Waals surface area contributed by atoms with Crippen LogP contribution in [0.15, 0.2) is 18.2 Å². The van der Waals surface area contributed by atoms with Gasteiger partial charge in [-0.15, -0.1) is 0 Å². The van der Waals surface area contributed by atoms with Crippen LogP contribution >= 0.6 is 0 Å². The number of alkyl halides is 3. The lowest BCUT2D eigenvalue weighted by molar-refractivity contribution is -0.385. The molecular weight excluding hydrogens is 337 g/mol. The molecule has 24 heavy (non-hydrogen) atoms. The van der Waals surface area contributed by atoms with Gasteiger partial charge >= 0.3 is 12.1 Å². The van der Waals surface area contributed by atoms with Gasteiger partial charge in [0.25, 0.3) is 11.6 Å². The van der Waals surface area contributed by atoms with Gasteiger partial charge in [-0.3, -0.25) is 14.9 Å². The Bertz CT molecular complexity index is 647. The summed E-state index contributed by atoms with van der Waals surface area (Å²) in [5.74, 6) is -2.86. The second kappa shape index (κ2) is 7.62. The Morgan fingerprint density at radius 1 is 1.42 bits per heavy atom. The SMILES string of the molecule is CCC(NC(=O)c1cc(OCC(F)(F)F)ccc1[N+](=O)[O-])C(=O)O. The summed E-state index contributed by atoms with van der Waals surface area (Å²) in [5.41, 5.74) is -1.29. The van der Waals surface area contributed by atoms with Crippen molar-refractivity contribution in [2.45, 2.75) is 25.6 Å². The average molecular weight is 350 g/mol. The van der Waals surface area contributed by atoms with E-state index in [0.29, 0.717) is 0 Å². The number of nitro benzene ring substituents is 1. The molecule has 0 fully saturated rings. The predicted molar refractivity (Wildman–Crippen MR) is 73.8 cm³/mol. The summed E-state index contributed by atoms with van der Waals surface area (Å²) in [6.45, 7) is -0.172. The third-order valence-electron chi connectivity index (χ3n) is 2.82. The molecule has 1 rings (SSSR count). The lowest BCUT2D eigenvalue weighted by Crippen LogP contribution is -2.40. The number of nitrogens with one attached hydrogen (secondary N) is 1. The van der Waals surface area contributed by atoms with Crippen molar-refractivity contribution in [1.82, 2.24) is 5.32 Å². The summed E-state index contributed by atoms with van der Waals surface area (Å²) >= 11 is 0. The number of halogens is 3. The van der Waals surface area contributed by atoms with Crippen molar-refractivity contribution in [3.05, 3.63) is 33.9 Å². The zero-order valence-electron chi connectivity index (χ0n) is 12.3. The fraction of sp³-hybridized carbons (Fsp3) is 0.385. The first-order valence-electron chi connectivity index (χ1n) is 6.56. The zero-order valence-corrected chi connectivity index (χ0v) is 12.3. The highest BCUT2D eigenvalue weighted by Crippen LogP contribution is 2.26. The van der Waals surface area contributed by atoms with Crippen molar-refractivity contribution in [2.24, 2.45) is 0 Å². The van der Waals surface area contributed by atoms with Gasteiger partial charge in [-0.25, -0.2) is 4.79 Å². The second-order valence-electron chi connectivity index (χ2n) is 4.61. The third-order valence-corrected chi connectivity index (χ3v) is 2.82. The van der Waals surface area contributed by atoms with Crippen LogP contribution in [-0.2, 0) is 4.79 Å². The number of nitro groups is 1. The van der Waals surface area contributed by atoms with Gasteiger partial charge in [0.2, 0.25) is 0 Å². The molecule has 1 aromatic carbocycles. The Kier molecular flexibility index (Phi) is 6.09. The van der Waals surface area contributed by atoms with Crippen LogP contribution in [-0.4, -0.2) is 40.7 Å². The molecule has 8 nitrogen and oxygen atoms in total. The minimum atomic E-state index is -4.62. The molecule has 0 saturated carbocycles. The smallest absolute Gasteiger partial charge is 0.422 e. The van der Waals surface area contributed by atoms with E-state index >= 15 is 0 Å². The minimum absolute atomic E-state index is 0.0130. The van der Waals surface area contributed by atoms with Crippen molar-refractivity contribution in [2.75, 3.05) is 6.61 Å². The van der Waals surface area contributed by atoms with Gasteiger partial charge in [0.1, 0.15) is 17.4 Å². The van der Waals surface area contributed by atoms with E-state index in [1.807, 2.05) is 0 Å². The van der Waals surface area contributed by atoms with Gasteiger partial charge < -0.3 is 15.2 Å². The summed E-state index contributed by atoms with van der Waals surface area (Å²) in [5, 5.41) is 21.9. The molecule has 0 aliphatic carbocycles. The van der Waals surface area contributed by atoms with Gasteiger partial charge in [-0.05, 0) is 18.6 Å². The lowest BCUT2D eigenvalue weighted by Gasteiger charge is -2.13. The molecule has 1 aromatic rings. The molecule has 0 spiro atoms. The van der Waals surface area contributed by atoms with E-state index in [-0.39, 0.29) is 6.42 Å². The number of carboxylic acids is 1. The molecule has 11 heteroatoms. The Labute approximate surface area is 133 Å². The number of carbonyl (C=O) groups is 2. The molecule has 0 radical (unpaired) electrons. The maximum absolute atomic E-state index is 12.1. The number of rotatable bonds is 7. The van der Waals surface area contributed by atoms with E-state index in [9.17, 15) is 32.9 Å². The van der Waals surface area contributed by atoms with Crippen LogP contribution in [0.1, 0.15) is 23.7 Å². The maximum Gasteiger partial charge on any atom is 0.422 e. The average Bonchev–Trinajstić information content (AvgIpc) is 2.48. The number of carbonyl (C=O) groups excluding carboxylic acids is 1. The number of hydrogen-bond acceptors (Lipinski definition) is 5. The van der Waals surface area contributed by atoms with Crippen LogP contribution < -0.4 is 10.1 Å². The molecule has 0 aliphatic rings. The Morgan fingerprint density at radius 3 is 2.50 bits per heavy atom. The van der Waals surface area contributed by atoms with E-state index in [4.69, 9.17) is 5.11 Å². The maximum atomic E-state index is 12.1. The Hall–Kier alpha value is -2.85. The first kappa shape index (κ1) is 19.2. The number of ether oxygens (including phenoxy) is 1. The highest BCUT2D eigenvalue weighted by molar-refractivity contribution is 6.00. The molecule has 1 atom stereocenters. The van der Waals surface area contributed by atoms with Gasteiger partial charge in [0.05, 0.1) is 4.92 Å². The molecule has 1 unspecified atom stereocenters. The topological polar surface area (TPSA) is 119 Å². The number of aliphatic carboxylic acids is 1. The first-order valence-corrected chi connectivity index (χ1v) is 6.56. The summed E-state index contributed by atoms with van der Waals surface area (Å²) < 4.78 is 40.8. The van der Waals surface area contributed by atoms with Crippen molar-refractivity contribution >= 4 is 17.6 Å². The van der Waals surface area contributed by atoms with Crippen molar-refractivity contribution < 1.29 is 37.5 Å². The van der Waals surface area contributed by atoms with Crippen LogP contribution in [0.25, 0.3) is 0 Å². The monoisotopic (exact) mass is 350 g/mol. The van der Waals surface area contributed by atoms with E-state index < -0.39 is 52.6 Å². The number of amides is 1. The summed E-state index contributed by atoms with van der Waals surface area (Å²) in [6.07, 6.45) is -4.61. The minimum Gasteiger partial charge on any atom is -0.484 e. The van der Waals surface area contributed by atoms with Gasteiger partial charge in [0, 0.05) is 6.07 Å². The summed E-state index contributed by atoms with van der Waals surface area (Å²) in [6, 6.07) is 1.18. The summed E-state index contributed by atoms with van der Waals surface area (Å²) in [4.78, 5) is 33.0. The first-order chi connectivity index (χ1) is 11.0. The summed E-state index contributed by atoms with van der Waals surface area (Å²) in [7, 11) is 0. The van der Waals surface area contributed by atoms with Crippen LogP contribution in [0, 0.1) is 10.1 Å². The van der Waals surface area contributed by atoms with E-state index in [1.165, 1.54) is 6.92 Å². The number of carboxylic acid groups (broad SMARTS) is 1. The molecule has 132 valence electrons. The fourth-order valence-corrected chi connectivity index (χ4v) is 1.69. The molecular formula is C13H13F3N2O6. The molecule has 0 saturated heterocycles. The number of benzene rings is 1. The number of nitrogens with zero attached hydrogens (tertiary/aromatic N) is 1. The van der Waals surface area contributed by atoms with E-state index in [2.05, 4.69) is 10.1 Å². The van der Waals surface area contributed by atoms with Gasteiger partial charge in [-0.2, -0.15) is 13.2 Å². The Balaban J connectivity index is 3.10. The fourth-order valence-electron chi connectivity index (χ4n) is 1.69. The quantitative estimate of drug-likeness (QED) is 0.574. The van der Waals surface area contributed by atoms with Crippen LogP contribution in [0.2, 0.25) is 0 Å². The molecule has 1 amide bonds. The van der Waals surface area contributed by atoms with Crippen LogP contribution in [0.3, 0.4) is 0 Å². The van der Waals surface area contributed by atoms with Crippen LogP contribution in [0.5, 0.6) is 5.75 Å². The molecule has 0 aliphatic heterocycles. The number of hydrogen-bond donors (Lipinski definition) is 2. The largest absolute Gasteiger partial charge is 0.484 e. The molecule has 0 bridgehead atoms. The van der Waals surface area contributed by atoms with Crippen molar-refractivity contribution in [3.63, 3.8) is 0 Å².